The fourth-order valence-electron chi connectivity index (χ4n) is 1.45. The van der Waals surface area contributed by atoms with Gasteiger partial charge in [-0.25, -0.2) is 4.79 Å². The lowest BCUT2D eigenvalue weighted by atomic mass is 9.96. The van der Waals surface area contributed by atoms with Gasteiger partial charge in [0.15, 0.2) is 11.9 Å². The lowest BCUT2D eigenvalue weighted by Crippen LogP contribution is -2.18. The summed E-state index contributed by atoms with van der Waals surface area (Å²) >= 11 is 3.08. The van der Waals surface area contributed by atoms with Crippen LogP contribution in [-0.4, -0.2) is 33.1 Å². The Kier molecular flexibility index (Phi) is 4.75. The van der Waals surface area contributed by atoms with Crippen LogP contribution in [0.25, 0.3) is 0 Å². The number of aliphatic carboxylic acids is 1. The third-order valence-electron chi connectivity index (χ3n) is 2.37. The van der Waals surface area contributed by atoms with E-state index in [2.05, 4.69) is 15.9 Å². The Labute approximate surface area is 112 Å². The van der Waals surface area contributed by atoms with Crippen molar-refractivity contribution >= 4 is 34.0 Å². The van der Waals surface area contributed by atoms with Gasteiger partial charge in [0.1, 0.15) is 6.29 Å². The Hall–Kier alpha value is -1.53. The number of carboxylic acids is 1. The number of ketones is 1. The summed E-state index contributed by atoms with van der Waals surface area (Å²) in [7, 11) is 0. The minimum atomic E-state index is -1.80. The Morgan fingerprint density at radius 3 is 2.44 bits per heavy atom. The number of halogens is 1. The number of benzene rings is 1. The fraction of sp³-hybridized carbons (Fsp3) is 0.250. The molecule has 18 heavy (non-hydrogen) atoms. The van der Waals surface area contributed by atoms with Crippen molar-refractivity contribution in [2.75, 3.05) is 0 Å². The molecule has 0 aliphatic heterocycles. The molecule has 0 radical (unpaired) electrons. The highest BCUT2D eigenvalue weighted by Crippen LogP contribution is 2.22. The third-order valence-corrected chi connectivity index (χ3v) is 2.78. The summed E-state index contributed by atoms with van der Waals surface area (Å²) in [5, 5.41) is 18.3. The summed E-state index contributed by atoms with van der Waals surface area (Å²) < 4.78 is 0. The first-order valence-electron chi connectivity index (χ1n) is 5.06. The molecule has 0 bridgehead atoms. The molecule has 0 fully saturated rings. The molecular weight excluding hydrogens is 304 g/mol. The highest BCUT2D eigenvalue weighted by Gasteiger charge is 2.24. The van der Waals surface area contributed by atoms with Crippen LogP contribution in [0.1, 0.15) is 39.3 Å². The molecule has 2 atom stereocenters. The quantitative estimate of drug-likeness (QED) is 0.489. The van der Waals surface area contributed by atoms with E-state index in [0.29, 0.717) is 6.29 Å². The van der Waals surface area contributed by atoms with Crippen molar-refractivity contribution in [3.05, 3.63) is 34.9 Å². The van der Waals surface area contributed by atoms with Gasteiger partial charge in [-0.2, -0.15) is 0 Å². The topological polar surface area (TPSA) is 91.7 Å². The van der Waals surface area contributed by atoms with Crippen LogP contribution in [0.3, 0.4) is 0 Å². The Balaban J connectivity index is 3.37. The van der Waals surface area contributed by atoms with Gasteiger partial charge in [-0.1, -0.05) is 28.1 Å². The van der Waals surface area contributed by atoms with Crippen molar-refractivity contribution < 1.29 is 24.6 Å². The first-order valence-corrected chi connectivity index (χ1v) is 5.98. The van der Waals surface area contributed by atoms with Crippen LogP contribution in [0, 0.1) is 0 Å². The number of carboxylic acid groups (broad SMARTS) is 1. The number of aldehydes is 1. The summed E-state index contributed by atoms with van der Waals surface area (Å²) in [6.07, 6.45) is -1.25. The summed E-state index contributed by atoms with van der Waals surface area (Å²) in [6, 6.07) is 3.89. The average molecular weight is 315 g/mol. The number of hydrogen-bond acceptors (Lipinski definition) is 4. The molecule has 0 spiro atoms. The minimum Gasteiger partial charge on any atom is -0.479 e. The smallest absolute Gasteiger partial charge is 0.337 e. The van der Waals surface area contributed by atoms with Gasteiger partial charge in [0, 0.05) is 16.7 Å². The first kappa shape index (κ1) is 14.5. The number of carbonyl (C=O) groups is 3. The molecule has 2 unspecified atom stereocenters. The SMILES string of the molecule is CC(Br)C(=O)c1cc(C=O)ccc1C(O)C(=O)O. The highest BCUT2D eigenvalue weighted by atomic mass is 79.9. The molecule has 0 amide bonds. The monoisotopic (exact) mass is 314 g/mol. The van der Waals surface area contributed by atoms with Gasteiger partial charge in [0.2, 0.25) is 0 Å². The van der Waals surface area contributed by atoms with E-state index in [1.807, 2.05) is 0 Å². The van der Waals surface area contributed by atoms with E-state index < -0.39 is 22.7 Å². The van der Waals surface area contributed by atoms with Crippen molar-refractivity contribution in [3.63, 3.8) is 0 Å². The van der Waals surface area contributed by atoms with Gasteiger partial charge in [0.05, 0.1) is 4.83 Å². The predicted octanol–water partition coefficient (Wildman–Crippen LogP) is 1.58. The molecule has 0 aliphatic rings. The summed E-state index contributed by atoms with van der Waals surface area (Å²) in [6.45, 7) is 1.58. The van der Waals surface area contributed by atoms with E-state index in [-0.39, 0.29) is 16.7 Å². The summed E-state index contributed by atoms with van der Waals surface area (Å²) in [5.74, 6) is -1.85. The van der Waals surface area contributed by atoms with Crippen LogP contribution in [0.4, 0.5) is 0 Å². The normalized spacial score (nSPS) is 13.7. The van der Waals surface area contributed by atoms with Crippen molar-refractivity contribution in [3.8, 4) is 0 Å². The molecular formula is C12H11BrO5. The number of rotatable bonds is 5. The Bertz CT molecular complexity index is 495. The predicted molar refractivity (Wildman–Crippen MR) is 67.1 cm³/mol. The second-order valence-electron chi connectivity index (χ2n) is 3.69. The summed E-state index contributed by atoms with van der Waals surface area (Å²) in [4.78, 5) is 32.8. The summed E-state index contributed by atoms with van der Waals surface area (Å²) in [5.41, 5.74) is 0.246. The molecule has 6 heteroatoms. The maximum atomic E-state index is 11.9. The standard InChI is InChI=1S/C12H11BrO5/c1-6(13)10(15)9-4-7(5-14)2-3-8(9)11(16)12(17)18/h2-6,11,16H,1H3,(H,17,18). The van der Waals surface area contributed by atoms with Crippen LogP contribution in [0.15, 0.2) is 18.2 Å². The molecule has 0 aromatic heterocycles. The number of aliphatic hydroxyl groups excluding tert-OH is 1. The third kappa shape index (κ3) is 3.02. The van der Waals surface area contributed by atoms with Crippen molar-refractivity contribution in [2.24, 2.45) is 0 Å². The maximum Gasteiger partial charge on any atom is 0.337 e. The molecule has 0 saturated heterocycles. The van der Waals surface area contributed by atoms with Crippen molar-refractivity contribution in [2.45, 2.75) is 17.9 Å². The van der Waals surface area contributed by atoms with E-state index in [1.165, 1.54) is 18.2 Å². The molecule has 0 aliphatic carbocycles. The van der Waals surface area contributed by atoms with Gasteiger partial charge >= 0.3 is 5.97 Å². The van der Waals surface area contributed by atoms with Crippen LogP contribution >= 0.6 is 15.9 Å². The molecule has 5 nitrogen and oxygen atoms in total. The zero-order valence-electron chi connectivity index (χ0n) is 9.46. The van der Waals surface area contributed by atoms with Gasteiger partial charge in [0.25, 0.3) is 0 Å². The Morgan fingerprint density at radius 2 is 2.00 bits per heavy atom. The van der Waals surface area contributed by atoms with E-state index >= 15 is 0 Å². The molecule has 1 aromatic carbocycles. The number of alkyl halides is 1. The fourth-order valence-corrected chi connectivity index (χ4v) is 1.69. The largest absolute Gasteiger partial charge is 0.479 e. The van der Waals surface area contributed by atoms with E-state index in [9.17, 15) is 19.5 Å². The van der Waals surface area contributed by atoms with Gasteiger partial charge in [-0.15, -0.1) is 0 Å². The number of carbonyl (C=O) groups excluding carboxylic acids is 2. The second-order valence-corrected chi connectivity index (χ2v) is 5.06. The first-order chi connectivity index (χ1) is 8.38. The number of Topliss-reactive ketones (excluding diaryl/α,β-unsaturated/α-hetero) is 1. The molecule has 0 heterocycles. The highest BCUT2D eigenvalue weighted by molar-refractivity contribution is 9.10. The van der Waals surface area contributed by atoms with E-state index in [4.69, 9.17) is 5.11 Å². The van der Waals surface area contributed by atoms with E-state index in [0.717, 1.165) is 0 Å². The minimum absolute atomic E-state index is 0.0237. The zero-order valence-corrected chi connectivity index (χ0v) is 11.0. The second kappa shape index (κ2) is 5.88. The molecule has 96 valence electrons. The van der Waals surface area contributed by atoms with Gasteiger partial charge < -0.3 is 10.2 Å². The average Bonchev–Trinajstić information content (AvgIpc) is 2.35. The molecule has 1 rings (SSSR count). The Morgan fingerprint density at radius 1 is 1.39 bits per heavy atom. The van der Waals surface area contributed by atoms with Crippen LogP contribution in [0.2, 0.25) is 0 Å². The number of hydrogen-bond donors (Lipinski definition) is 2. The lowest BCUT2D eigenvalue weighted by molar-refractivity contribution is -0.146. The molecule has 2 N–H and O–H groups in total. The van der Waals surface area contributed by atoms with Crippen LogP contribution in [-0.2, 0) is 4.79 Å². The van der Waals surface area contributed by atoms with Gasteiger partial charge in [-0.05, 0) is 13.0 Å². The number of aliphatic hydroxyl groups is 1. The van der Waals surface area contributed by atoms with Crippen LogP contribution < -0.4 is 0 Å². The van der Waals surface area contributed by atoms with Crippen LogP contribution in [0.5, 0.6) is 0 Å². The zero-order chi connectivity index (χ0) is 13.9. The van der Waals surface area contributed by atoms with Crippen molar-refractivity contribution in [1.29, 1.82) is 0 Å². The maximum absolute atomic E-state index is 11.9. The van der Waals surface area contributed by atoms with Gasteiger partial charge in [-0.3, -0.25) is 9.59 Å². The molecule has 0 saturated carbocycles. The van der Waals surface area contributed by atoms with E-state index in [1.54, 1.807) is 6.92 Å². The molecule has 1 aromatic rings. The lowest BCUT2D eigenvalue weighted by Gasteiger charge is -2.13. The van der Waals surface area contributed by atoms with Crippen molar-refractivity contribution in [1.82, 2.24) is 0 Å².